The van der Waals surface area contributed by atoms with Crippen molar-refractivity contribution in [1.82, 2.24) is 9.80 Å². The highest BCUT2D eigenvalue weighted by Gasteiger charge is 2.27. The van der Waals surface area contributed by atoms with E-state index in [2.05, 4.69) is 4.90 Å². The SMILES string of the molecule is COc1c(/C(C)=C/C(=O)N2CCN(C3CCCCC3)CC2)cc2c(-c3ccc(F)cc3)coc2c1C. The Labute approximate surface area is 212 Å². The lowest BCUT2D eigenvalue weighted by molar-refractivity contribution is -0.128. The summed E-state index contributed by atoms with van der Waals surface area (Å²) in [6, 6.07) is 9.10. The number of benzene rings is 2. The molecule has 2 aromatic carbocycles. The van der Waals surface area contributed by atoms with Gasteiger partial charge in [-0.3, -0.25) is 9.69 Å². The van der Waals surface area contributed by atoms with Gasteiger partial charge in [-0.2, -0.15) is 0 Å². The highest BCUT2D eigenvalue weighted by molar-refractivity contribution is 6.01. The maximum absolute atomic E-state index is 13.5. The highest BCUT2D eigenvalue weighted by atomic mass is 19.1. The molecule has 1 saturated carbocycles. The number of amides is 1. The van der Waals surface area contributed by atoms with Crippen LogP contribution in [0.3, 0.4) is 0 Å². The average Bonchev–Trinajstić information content (AvgIpc) is 3.34. The van der Waals surface area contributed by atoms with Crippen LogP contribution < -0.4 is 4.74 Å². The molecule has 0 unspecified atom stereocenters. The van der Waals surface area contributed by atoms with Crippen molar-refractivity contribution in [3.05, 3.63) is 59.6 Å². The summed E-state index contributed by atoms with van der Waals surface area (Å²) in [5.41, 5.74) is 5.07. The number of halogens is 1. The van der Waals surface area contributed by atoms with Gasteiger partial charge in [0.25, 0.3) is 0 Å². The number of hydrogen-bond acceptors (Lipinski definition) is 4. The minimum absolute atomic E-state index is 0.0431. The minimum Gasteiger partial charge on any atom is -0.496 e. The van der Waals surface area contributed by atoms with E-state index in [1.165, 1.54) is 44.2 Å². The van der Waals surface area contributed by atoms with Crippen LogP contribution in [0.25, 0.3) is 27.7 Å². The molecule has 0 bridgehead atoms. The van der Waals surface area contributed by atoms with Gasteiger partial charge in [0.05, 0.1) is 13.4 Å². The van der Waals surface area contributed by atoms with Gasteiger partial charge in [-0.1, -0.05) is 31.4 Å². The molecule has 0 spiro atoms. The number of fused-ring (bicyclic) bond motifs is 1. The number of allylic oxidation sites excluding steroid dienone is 1. The summed E-state index contributed by atoms with van der Waals surface area (Å²) in [4.78, 5) is 17.8. The molecule has 1 saturated heterocycles. The molecule has 0 radical (unpaired) electrons. The zero-order chi connectivity index (χ0) is 25.2. The Morgan fingerprint density at radius 3 is 2.44 bits per heavy atom. The number of piperazine rings is 1. The molecule has 1 amide bonds. The van der Waals surface area contributed by atoms with E-state index in [9.17, 15) is 9.18 Å². The van der Waals surface area contributed by atoms with Crippen molar-refractivity contribution < 1.29 is 18.3 Å². The smallest absolute Gasteiger partial charge is 0.246 e. The summed E-state index contributed by atoms with van der Waals surface area (Å²) in [7, 11) is 1.64. The number of carbonyl (C=O) groups excluding carboxylic acids is 1. The zero-order valence-corrected chi connectivity index (χ0v) is 21.5. The van der Waals surface area contributed by atoms with Crippen LogP contribution in [-0.4, -0.2) is 55.0 Å². The maximum Gasteiger partial charge on any atom is 0.246 e. The van der Waals surface area contributed by atoms with Crippen LogP contribution in [0.15, 0.2) is 47.1 Å². The molecule has 36 heavy (non-hydrogen) atoms. The molecule has 3 aromatic rings. The molecule has 5 nitrogen and oxygen atoms in total. The van der Waals surface area contributed by atoms with Gasteiger partial charge in [0, 0.05) is 60.4 Å². The Hall–Kier alpha value is -3.12. The molecule has 1 aliphatic carbocycles. The first kappa shape index (κ1) is 24.6. The van der Waals surface area contributed by atoms with E-state index in [1.54, 1.807) is 31.6 Å². The van der Waals surface area contributed by atoms with Crippen molar-refractivity contribution in [3.8, 4) is 16.9 Å². The second-order valence-corrected chi connectivity index (χ2v) is 10.1. The molecule has 1 aliphatic heterocycles. The number of carbonyl (C=O) groups is 1. The molecule has 6 heteroatoms. The van der Waals surface area contributed by atoms with Gasteiger partial charge >= 0.3 is 0 Å². The number of methoxy groups -OCH3 is 1. The van der Waals surface area contributed by atoms with Crippen molar-refractivity contribution in [1.29, 1.82) is 0 Å². The van der Waals surface area contributed by atoms with E-state index in [1.807, 2.05) is 24.8 Å². The van der Waals surface area contributed by atoms with Gasteiger partial charge in [-0.25, -0.2) is 4.39 Å². The van der Waals surface area contributed by atoms with Crippen LogP contribution in [0.5, 0.6) is 5.75 Å². The van der Waals surface area contributed by atoms with E-state index in [4.69, 9.17) is 9.15 Å². The molecule has 2 aliphatic rings. The number of hydrogen-bond donors (Lipinski definition) is 0. The van der Waals surface area contributed by atoms with Crippen LogP contribution in [-0.2, 0) is 4.79 Å². The fourth-order valence-corrected chi connectivity index (χ4v) is 5.83. The second kappa shape index (κ2) is 10.5. The summed E-state index contributed by atoms with van der Waals surface area (Å²) in [5.74, 6) is 0.467. The van der Waals surface area contributed by atoms with Crippen molar-refractivity contribution in [2.45, 2.75) is 52.0 Å². The monoisotopic (exact) mass is 490 g/mol. The normalized spacial score (nSPS) is 18.1. The van der Waals surface area contributed by atoms with Gasteiger partial charge < -0.3 is 14.1 Å². The first-order valence-corrected chi connectivity index (χ1v) is 13.0. The molecule has 0 atom stereocenters. The lowest BCUT2D eigenvalue weighted by atomic mass is 9.94. The fourth-order valence-electron chi connectivity index (χ4n) is 5.83. The molecule has 190 valence electrons. The fraction of sp³-hybridized carbons (Fsp3) is 0.433. The molecular formula is C30H35FN2O3. The Bertz CT molecular complexity index is 1260. The third-order valence-electron chi connectivity index (χ3n) is 7.89. The van der Waals surface area contributed by atoms with Gasteiger partial charge in [-0.15, -0.1) is 0 Å². The summed E-state index contributed by atoms with van der Waals surface area (Å²) in [6.45, 7) is 7.36. The van der Waals surface area contributed by atoms with E-state index < -0.39 is 0 Å². The van der Waals surface area contributed by atoms with Crippen molar-refractivity contribution in [2.75, 3.05) is 33.3 Å². The molecule has 1 aromatic heterocycles. The maximum atomic E-state index is 13.5. The summed E-state index contributed by atoms with van der Waals surface area (Å²) < 4.78 is 25.1. The lowest BCUT2D eigenvalue weighted by Crippen LogP contribution is -2.52. The minimum atomic E-state index is -0.276. The van der Waals surface area contributed by atoms with E-state index >= 15 is 0 Å². The first-order valence-electron chi connectivity index (χ1n) is 13.0. The van der Waals surface area contributed by atoms with Gasteiger partial charge in [0.1, 0.15) is 17.1 Å². The molecular weight excluding hydrogens is 455 g/mol. The van der Waals surface area contributed by atoms with Gasteiger partial charge in [0.2, 0.25) is 5.91 Å². The number of aryl methyl sites for hydroxylation is 1. The van der Waals surface area contributed by atoms with Crippen molar-refractivity contribution >= 4 is 22.4 Å². The topological polar surface area (TPSA) is 45.9 Å². The van der Waals surface area contributed by atoms with E-state index in [0.29, 0.717) is 11.8 Å². The molecule has 0 N–H and O–H groups in total. The second-order valence-electron chi connectivity index (χ2n) is 10.1. The third kappa shape index (κ3) is 4.79. The van der Waals surface area contributed by atoms with Gasteiger partial charge in [0.15, 0.2) is 0 Å². The molecule has 2 heterocycles. The van der Waals surface area contributed by atoms with Crippen molar-refractivity contribution in [2.24, 2.45) is 0 Å². The highest BCUT2D eigenvalue weighted by Crippen LogP contribution is 2.40. The first-order chi connectivity index (χ1) is 17.5. The van der Waals surface area contributed by atoms with Crippen LogP contribution in [0.4, 0.5) is 4.39 Å². The van der Waals surface area contributed by atoms with Crippen LogP contribution >= 0.6 is 0 Å². The summed E-state index contributed by atoms with van der Waals surface area (Å²) >= 11 is 0. The lowest BCUT2D eigenvalue weighted by Gasteiger charge is -2.40. The number of rotatable bonds is 5. The van der Waals surface area contributed by atoms with Crippen LogP contribution in [0.2, 0.25) is 0 Å². The van der Waals surface area contributed by atoms with Crippen LogP contribution in [0.1, 0.15) is 50.2 Å². The molecule has 2 fully saturated rings. The standard InChI is InChI=1S/C30H35FN2O3/c1-20(17-28(34)33-15-13-32(14-16-33)24-7-5-4-6-8-24)25-18-26-27(22-9-11-23(31)12-10-22)19-36-30(26)21(2)29(25)35-3/h9-12,17-19,24H,4-8,13-16H2,1-3H3/b20-17+. The van der Waals surface area contributed by atoms with Gasteiger partial charge in [-0.05, 0) is 56.0 Å². The van der Waals surface area contributed by atoms with E-state index in [-0.39, 0.29) is 11.7 Å². The summed E-state index contributed by atoms with van der Waals surface area (Å²) in [6.07, 6.45) is 10.0. The van der Waals surface area contributed by atoms with E-state index in [0.717, 1.165) is 65.0 Å². The molecule has 5 rings (SSSR count). The number of ether oxygens (including phenoxy) is 1. The number of furan rings is 1. The predicted molar refractivity (Wildman–Crippen MR) is 142 cm³/mol. The Morgan fingerprint density at radius 2 is 1.78 bits per heavy atom. The van der Waals surface area contributed by atoms with Crippen molar-refractivity contribution in [3.63, 3.8) is 0 Å². The van der Waals surface area contributed by atoms with Crippen LogP contribution in [0, 0.1) is 12.7 Å². The zero-order valence-electron chi connectivity index (χ0n) is 21.5. The predicted octanol–water partition coefficient (Wildman–Crippen LogP) is 6.44. The Morgan fingerprint density at radius 1 is 1.08 bits per heavy atom. The quantitative estimate of drug-likeness (QED) is 0.386. The average molecular weight is 491 g/mol. The summed E-state index contributed by atoms with van der Waals surface area (Å²) in [5, 5.41) is 0.913. The third-order valence-corrected chi connectivity index (χ3v) is 7.89. The largest absolute Gasteiger partial charge is 0.496 e. The Balaban J connectivity index is 1.39. The number of nitrogens with zero attached hydrogens (tertiary/aromatic N) is 2. The Kier molecular flexibility index (Phi) is 7.15.